The van der Waals surface area contributed by atoms with E-state index in [4.69, 9.17) is 11.6 Å². The molecule has 0 aromatic heterocycles. The van der Waals surface area contributed by atoms with E-state index in [-0.39, 0.29) is 5.91 Å². The van der Waals surface area contributed by atoms with E-state index in [1.165, 1.54) is 0 Å². The quantitative estimate of drug-likeness (QED) is 0.895. The van der Waals surface area contributed by atoms with Gasteiger partial charge in [0.15, 0.2) is 0 Å². The molecule has 0 spiro atoms. The molecule has 2 rings (SSSR count). The molecule has 1 atom stereocenters. The zero-order chi connectivity index (χ0) is 13.2. The van der Waals surface area contributed by atoms with E-state index in [1.807, 2.05) is 0 Å². The maximum absolute atomic E-state index is 12.1. The minimum atomic E-state index is -0.735. The second-order valence-corrected chi connectivity index (χ2v) is 6.45. The van der Waals surface area contributed by atoms with Crippen LogP contribution >= 0.6 is 39.3 Å². The van der Waals surface area contributed by atoms with Crippen LogP contribution in [0.5, 0.6) is 0 Å². The Hall–Kier alpha value is -0.700. The Balaban J connectivity index is 2.17. The Morgan fingerprint density at radius 1 is 1.61 bits per heavy atom. The molecular weight excluding hydrogens is 336 g/mol. The molecule has 0 saturated carbocycles. The molecule has 1 aromatic carbocycles. The minimum Gasteiger partial charge on any atom is -0.333 e. The SMILES string of the molecule is N#CC1(NC(=O)c2ccc(Br)c(Cl)c2)CCSC1. The van der Waals surface area contributed by atoms with Crippen molar-refractivity contribution in [2.45, 2.75) is 12.0 Å². The lowest BCUT2D eigenvalue weighted by Crippen LogP contribution is -2.47. The highest BCUT2D eigenvalue weighted by atomic mass is 79.9. The molecule has 1 fully saturated rings. The molecule has 1 aliphatic rings. The second kappa shape index (κ2) is 5.52. The lowest BCUT2D eigenvalue weighted by molar-refractivity contribution is 0.0926. The molecule has 1 saturated heterocycles. The number of benzene rings is 1. The maximum Gasteiger partial charge on any atom is 0.252 e. The van der Waals surface area contributed by atoms with Crippen molar-refractivity contribution in [2.24, 2.45) is 0 Å². The summed E-state index contributed by atoms with van der Waals surface area (Å²) in [5.41, 5.74) is -0.267. The fourth-order valence-electron chi connectivity index (χ4n) is 1.71. The van der Waals surface area contributed by atoms with Gasteiger partial charge in [-0.3, -0.25) is 4.79 Å². The summed E-state index contributed by atoms with van der Waals surface area (Å²) in [6.07, 6.45) is 0.685. The number of amides is 1. The normalized spacial score (nSPS) is 22.5. The zero-order valence-corrected chi connectivity index (χ0v) is 12.5. The number of thioether (sulfide) groups is 1. The molecule has 1 aromatic rings. The molecule has 1 amide bonds. The Kier molecular flexibility index (Phi) is 4.21. The van der Waals surface area contributed by atoms with Crippen molar-refractivity contribution in [2.75, 3.05) is 11.5 Å². The van der Waals surface area contributed by atoms with Crippen LogP contribution in [0.25, 0.3) is 0 Å². The average molecular weight is 346 g/mol. The van der Waals surface area contributed by atoms with Gasteiger partial charge in [-0.1, -0.05) is 11.6 Å². The summed E-state index contributed by atoms with van der Waals surface area (Å²) in [6.45, 7) is 0. The Morgan fingerprint density at radius 2 is 2.39 bits per heavy atom. The number of hydrogen-bond acceptors (Lipinski definition) is 3. The summed E-state index contributed by atoms with van der Waals surface area (Å²) in [5, 5.41) is 12.5. The largest absolute Gasteiger partial charge is 0.333 e. The van der Waals surface area contributed by atoms with Crippen molar-refractivity contribution >= 4 is 45.2 Å². The second-order valence-electron chi connectivity index (χ2n) is 4.08. The van der Waals surface area contributed by atoms with Crippen LogP contribution in [0.3, 0.4) is 0 Å². The predicted molar refractivity (Wildman–Crippen MR) is 76.9 cm³/mol. The fraction of sp³-hybridized carbons (Fsp3) is 0.333. The number of carbonyl (C=O) groups excluding carboxylic acids is 1. The molecule has 3 nitrogen and oxygen atoms in total. The first-order chi connectivity index (χ1) is 8.56. The summed E-state index contributed by atoms with van der Waals surface area (Å²) in [4.78, 5) is 12.1. The van der Waals surface area contributed by atoms with Gasteiger partial charge in [-0.2, -0.15) is 17.0 Å². The van der Waals surface area contributed by atoms with Crippen molar-refractivity contribution in [1.82, 2.24) is 5.32 Å². The van der Waals surface area contributed by atoms with E-state index in [9.17, 15) is 10.1 Å². The van der Waals surface area contributed by atoms with Crippen LogP contribution in [0.2, 0.25) is 5.02 Å². The highest BCUT2D eigenvalue weighted by Crippen LogP contribution is 2.28. The van der Waals surface area contributed by atoms with Gasteiger partial charge in [0.05, 0.1) is 11.1 Å². The summed E-state index contributed by atoms with van der Waals surface area (Å²) < 4.78 is 0.743. The molecule has 94 valence electrons. The van der Waals surface area contributed by atoms with Gasteiger partial charge in [0.1, 0.15) is 5.54 Å². The number of nitrogens with zero attached hydrogens (tertiary/aromatic N) is 1. The molecule has 18 heavy (non-hydrogen) atoms. The number of hydrogen-bond donors (Lipinski definition) is 1. The predicted octanol–water partition coefficient (Wildman–Crippen LogP) is 3.23. The summed E-state index contributed by atoms with van der Waals surface area (Å²) in [6, 6.07) is 7.20. The summed E-state index contributed by atoms with van der Waals surface area (Å²) in [7, 11) is 0. The fourth-order valence-corrected chi connectivity index (χ4v) is 3.40. The van der Waals surface area contributed by atoms with Gasteiger partial charge in [0.2, 0.25) is 0 Å². The average Bonchev–Trinajstić information content (AvgIpc) is 2.82. The van der Waals surface area contributed by atoms with Crippen LogP contribution in [-0.2, 0) is 0 Å². The van der Waals surface area contributed by atoms with Crippen LogP contribution in [0.4, 0.5) is 0 Å². The Bertz CT molecular complexity index is 523. The third kappa shape index (κ3) is 2.82. The van der Waals surface area contributed by atoms with Gasteiger partial charge in [0.25, 0.3) is 5.91 Å². The van der Waals surface area contributed by atoms with Crippen LogP contribution in [0, 0.1) is 11.3 Å². The molecular formula is C12H10BrClN2OS. The molecule has 1 unspecified atom stereocenters. The number of nitriles is 1. The lowest BCUT2D eigenvalue weighted by atomic mass is 10.0. The van der Waals surface area contributed by atoms with Gasteiger partial charge in [-0.05, 0) is 46.3 Å². The van der Waals surface area contributed by atoms with Crippen molar-refractivity contribution in [3.63, 3.8) is 0 Å². The highest BCUT2D eigenvalue weighted by Gasteiger charge is 2.36. The summed E-state index contributed by atoms with van der Waals surface area (Å²) in [5.74, 6) is 1.28. The van der Waals surface area contributed by atoms with Crippen LogP contribution < -0.4 is 5.32 Å². The Labute approximate surface area is 123 Å². The third-order valence-electron chi connectivity index (χ3n) is 2.77. The van der Waals surface area contributed by atoms with Gasteiger partial charge in [-0.25, -0.2) is 0 Å². The summed E-state index contributed by atoms with van der Waals surface area (Å²) >= 11 is 10.9. The van der Waals surface area contributed by atoms with E-state index in [2.05, 4.69) is 27.3 Å². The van der Waals surface area contributed by atoms with E-state index >= 15 is 0 Å². The van der Waals surface area contributed by atoms with Crippen LogP contribution in [0.1, 0.15) is 16.8 Å². The topological polar surface area (TPSA) is 52.9 Å². The van der Waals surface area contributed by atoms with Crippen LogP contribution in [-0.4, -0.2) is 23.0 Å². The van der Waals surface area contributed by atoms with E-state index in [0.29, 0.717) is 22.8 Å². The number of nitrogens with one attached hydrogen (secondary N) is 1. The number of rotatable bonds is 2. The highest BCUT2D eigenvalue weighted by molar-refractivity contribution is 9.10. The smallest absolute Gasteiger partial charge is 0.252 e. The van der Waals surface area contributed by atoms with Crippen molar-refractivity contribution in [3.05, 3.63) is 33.3 Å². The van der Waals surface area contributed by atoms with Crippen LogP contribution in [0.15, 0.2) is 22.7 Å². The van der Waals surface area contributed by atoms with Gasteiger partial charge in [0, 0.05) is 15.8 Å². The standard InChI is InChI=1S/C12H10BrClN2OS/c13-9-2-1-8(5-10(9)14)11(17)16-12(6-15)3-4-18-7-12/h1-2,5H,3-4,7H2,(H,16,17). The molecule has 0 aliphatic carbocycles. The zero-order valence-electron chi connectivity index (χ0n) is 9.37. The molecule has 1 aliphatic heterocycles. The first kappa shape index (κ1) is 13.7. The monoisotopic (exact) mass is 344 g/mol. The van der Waals surface area contributed by atoms with E-state index in [0.717, 1.165) is 10.2 Å². The minimum absolute atomic E-state index is 0.256. The molecule has 1 N–H and O–H groups in total. The van der Waals surface area contributed by atoms with Gasteiger partial charge in [-0.15, -0.1) is 0 Å². The van der Waals surface area contributed by atoms with Gasteiger partial charge >= 0.3 is 0 Å². The first-order valence-electron chi connectivity index (χ1n) is 5.33. The molecule has 1 heterocycles. The lowest BCUT2D eigenvalue weighted by Gasteiger charge is -2.21. The number of carbonyl (C=O) groups is 1. The third-order valence-corrected chi connectivity index (χ3v) is 5.19. The molecule has 0 radical (unpaired) electrons. The Morgan fingerprint density at radius 3 is 2.94 bits per heavy atom. The van der Waals surface area contributed by atoms with E-state index < -0.39 is 5.54 Å². The first-order valence-corrected chi connectivity index (χ1v) is 7.65. The molecule has 0 bridgehead atoms. The van der Waals surface area contributed by atoms with E-state index in [1.54, 1.807) is 30.0 Å². The van der Waals surface area contributed by atoms with Crippen molar-refractivity contribution in [1.29, 1.82) is 5.26 Å². The van der Waals surface area contributed by atoms with Crippen molar-refractivity contribution in [3.8, 4) is 6.07 Å². The maximum atomic E-state index is 12.1. The van der Waals surface area contributed by atoms with Crippen molar-refractivity contribution < 1.29 is 4.79 Å². The number of halogens is 2. The van der Waals surface area contributed by atoms with Gasteiger partial charge < -0.3 is 5.32 Å². The molecule has 6 heteroatoms.